The molecule has 1 aliphatic carbocycles. The molecule has 8 nitrogen and oxygen atoms in total. The van der Waals surface area contributed by atoms with E-state index in [0.717, 1.165) is 49.9 Å². The molecule has 0 saturated carbocycles. The van der Waals surface area contributed by atoms with Crippen LogP contribution in [0.3, 0.4) is 0 Å². The van der Waals surface area contributed by atoms with E-state index in [1.54, 1.807) is 0 Å². The lowest BCUT2D eigenvalue weighted by molar-refractivity contribution is -0.115. The molecule has 0 unspecified atom stereocenters. The fraction of sp³-hybridized carbons (Fsp3) is 0.800. The first kappa shape index (κ1) is 41.6. The number of carbonyl (C=O) groups excluding carboxylic acids is 2. The van der Waals surface area contributed by atoms with Gasteiger partial charge in [-0.15, -0.1) is 0 Å². The Hall–Kier alpha value is -0.439. The van der Waals surface area contributed by atoms with Crippen LogP contribution < -0.4 is 10.6 Å². The number of nitrogens with one attached hydrogen (secondary N) is 2. The van der Waals surface area contributed by atoms with Crippen molar-refractivity contribution in [2.45, 2.75) is 117 Å². The average Bonchev–Trinajstić information content (AvgIpc) is 2.85. The average molecular weight is 719 g/mol. The van der Waals surface area contributed by atoms with Crippen LogP contribution in [-0.2, 0) is 27.3 Å². The second-order valence-electron chi connectivity index (χ2n) is 17.1. The number of carbonyl (C=O) groups is 2. The van der Waals surface area contributed by atoms with Crippen LogP contribution >= 0.6 is 0 Å². The first-order valence-corrected chi connectivity index (χ1v) is 36.2. The summed E-state index contributed by atoms with van der Waals surface area (Å²) in [6, 6.07) is 2.09. The molecule has 0 amide bonds. The lowest BCUT2D eigenvalue weighted by atomic mass is 10.1. The van der Waals surface area contributed by atoms with Gasteiger partial charge in [0.25, 0.3) is 0 Å². The fourth-order valence-electron chi connectivity index (χ4n) is 4.25. The smallest absolute Gasteiger partial charge is 0.203 e. The second-order valence-corrected chi connectivity index (χ2v) is 44.6. The third kappa shape index (κ3) is 19.3. The SMILES string of the molecule is C[Si](CCCNC1=CC(=O)C(NCCC[Si](C)(CO[Si](C)(C)C)CO[Si](C)(C)C)=CC1=O)(CO[Si](C)(C)C)CO[Si](C)(C)C. The molecule has 0 bridgehead atoms. The molecule has 0 radical (unpaired) electrons. The molecule has 0 spiro atoms. The maximum absolute atomic E-state index is 12.9. The first-order valence-electron chi connectivity index (χ1n) is 16.4. The van der Waals surface area contributed by atoms with E-state index in [9.17, 15) is 9.59 Å². The highest BCUT2D eigenvalue weighted by Gasteiger charge is 2.34. The van der Waals surface area contributed by atoms with Crippen LogP contribution in [0.2, 0.25) is 104 Å². The molecular weight excluding hydrogens is 653 g/mol. The third-order valence-corrected chi connectivity index (χ3v) is 18.7. The fourth-order valence-corrected chi connectivity index (χ4v) is 19.6. The molecule has 0 heterocycles. The summed E-state index contributed by atoms with van der Waals surface area (Å²) >= 11 is 0. The monoisotopic (exact) mass is 718 g/mol. The summed E-state index contributed by atoms with van der Waals surface area (Å²) in [6.45, 7) is 32.8. The largest absolute Gasteiger partial charge is 0.421 e. The normalized spacial score (nSPS) is 15.8. The first-order chi connectivity index (χ1) is 19.8. The van der Waals surface area contributed by atoms with Crippen molar-refractivity contribution in [3.8, 4) is 0 Å². The van der Waals surface area contributed by atoms with Gasteiger partial charge < -0.3 is 28.3 Å². The standard InChI is InChI=1S/C30H66N2O6Si6/c1-39(2,3)35-23-43(13,24-36-40(4,5)6)19-15-17-31-27-21-30(34)28(22-29(27)33)32-18-16-20-44(14,25-37-41(7,8)9)26-38-42(10,11)12/h21-22,31-32H,15-20,23-26H2,1-14H3. The summed E-state index contributed by atoms with van der Waals surface area (Å²) < 4.78 is 25.4. The molecule has 0 atom stereocenters. The molecule has 0 saturated heterocycles. The van der Waals surface area contributed by atoms with Crippen LogP contribution in [0.5, 0.6) is 0 Å². The van der Waals surface area contributed by atoms with Crippen molar-refractivity contribution < 1.29 is 27.3 Å². The Morgan fingerprint density at radius 1 is 0.477 bits per heavy atom. The van der Waals surface area contributed by atoms with Crippen molar-refractivity contribution in [2.24, 2.45) is 0 Å². The van der Waals surface area contributed by atoms with Crippen molar-refractivity contribution in [1.29, 1.82) is 0 Å². The molecule has 256 valence electrons. The van der Waals surface area contributed by atoms with Gasteiger partial charge in [-0.25, -0.2) is 0 Å². The second kappa shape index (κ2) is 17.1. The number of allylic oxidation sites excluding steroid dienone is 2. The Bertz CT molecular complexity index is 893. The van der Waals surface area contributed by atoms with Crippen LogP contribution in [0.4, 0.5) is 0 Å². The summed E-state index contributed by atoms with van der Waals surface area (Å²) in [4.78, 5) is 25.8. The Morgan fingerprint density at radius 2 is 0.727 bits per heavy atom. The lowest BCUT2D eigenvalue weighted by Crippen LogP contribution is -2.48. The number of ketones is 2. The van der Waals surface area contributed by atoms with E-state index in [4.69, 9.17) is 17.7 Å². The van der Waals surface area contributed by atoms with Gasteiger partial charge in [-0.05, 0) is 91.4 Å². The van der Waals surface area contributed by atoms with Gasteiger partial charge in [0, 0.05) is 50.2 Å². The van der Waals surface area contributed by atoms with Gasteiger partial charge in [-0.3, -0.25) is 9.59 Å². The quantitative estimate of drug-likeness (QED) is 0.0737. The molecule has 14 heteroatoms. The molecule has 44 heavy (non-hydrogen) atoms. The predicted molar refractivity (Wildman–Crippen MR) is 201 cm³/mol. The Labute approximate surface area is 276 Å². The Kier molecular flexibility index (Phi) is 16.2. The maximum atomic E-state index is 12.9. The van der Waals surface area contributed by atoms with E-state index in [1.807, 2.05) is 0 Å². The van der Waals surface area contributed by atoms with Gasteiger partial charge >= 0.3 is 0 Å². The summed E-state index contributed by atoms with van der Waals surface area (Å²) in [5.74, 6) is -0.301. The van der Waals surface area contributed by atoms with Gasteiger partial charge in [0.05, 0.1) is 11.4 Å². The molecule has 0 fully saturated rings. The molecule has 1 aliphatic rings. The zero-order chi connectivity index (χ0) is 34.0. The van der Waals surface area contributed by atoms with Crippen molar-refractivity contribution in [2.75, 3.05) is 38.0 Å². The van der Waals surface area contributed by atoms with Gasteiger partial charge in [0.1, 0.15) is 16.1 Å². The number of hydrogen-bond acceptors (Lipinski definition) is 8. The van der Waals surface area contributed by atoms with Gasteiger partial charge in [0.15, 0.2) is 33.3 Å². The molecular formula is C30H66N2O6Si6. The summed E-state index contributed by atoms with van der Waals surface area (Å²) in [5, 5.41) is 6.48. The van der Waals surface area contributed by atoms with Crippen molar-refractivity contribution in [3.05, 3.63) is 23.5 Å². The molecule has 0 aromatic rings. The van der Waals surface area contributed by atoms with E-state index >= 15 is 0 Å². The molecule has 0 aromatic heterocycles. The molecule has 2 N–H and O–H groups in total. The maximum Gasteiger partial charge on any atom is 0.203 e. The van der Waals surface area contributed by atoms with Crippen LogP contribution in [0.25, 0.3) is 0 Å². The summed E-state index contributed by atoms with van der Waals surface area (Å²) in [7, 11) is -10.0. The van der Waals surface area contributed by atoms with E-state index in [1.165, 1.54) is 12.2 Å². The predicted octanol–water partition coefficient (Wildman–Crippen LogP) is 6.59. The topological polar surface area (TPSA) is 95.1 Å². The van der Waals surface area contributed by atoms with Crippen LogP contribution in [-0.4, -0.2) is 99.0 Å². The Balaban J connectivity index is 2.64. The highest BCUT2D eigenvalue weighted by molar-refractivity contribution is 6.82. The van der Waals surface area contributed by atoms with Crippen LogP contribution in [0.1, 0.15) is 12.8 Å². The minimum atomic E-state index is -1.78. The highest BCUT2D eigenvalue weighted by Crippen LogP contribution is 2.21. The number of hydrogen-bond donors (Lipinski definition) is 2. The third-order valence-electron chi connectivity index (χ3n) is 7.04. The van der Waals surface area contributed by atoms with Crippen molar-refractivity contribution >= 4 is 61.0 Å². The number of rotatable bonds is 22. The molecule has 0 aliphatic heterocycles. The minimum Gasteiger partial charge on any atom is -0.421 e. The van der Waals surface area contributed by atoms with E-state index < -0.39 is 49.4 Å². The summed E-state index contributed by atoms with van der Waals surface area (Å²) in [6.07, 6.45) is 7.95. The van der Waals surface area contributed by atoms with Gasteiger partial charge in [-0.2, -0.15) is 0 Å². The van der Waals surface area contributed by atoms with E-state index in [0.29, 0.717) is 24.5 Å². The zero-order valence-electron chi connectivity index (χ0n) is 30.7. The minimum absolute atomic E-state index is 0.150. The van der Waals surface area contributed by atoms with Crippen molar-refractivity contribution in [3.63, 3.8) is 0 Å². The van der Waals surface area contributed by atoms with Crippen LogP contribution in [0, 0.1) is 0 Å². The van der Waals surface area contributed by atoms with Gasteiger partial charge in [0.2, 0.25) is 11.6 Å². The summed E-state index contributed by atoms with van der Waals surface area (Å²) in [5.41, 5.74) is 0.764. The Morgan fingerprint density at radius 3 is 0.955 bits per heavy atom. The van der Waals surface area contributed by atoms with E-state index in [2.05, 4.69) is 102 Å². The highest BCUT2D eigenvalue weighted by atomic mass is 28.4. The molecule has 0 aromatic carbocycles. The van der Waals surface area contributed by atoms with Crippen LogP contribution in [0.15, 0.2) is 23.5 Å². The lowest BCUT2D eigenvalue weighted by Gasteiger charge is -2.33. The zero-order valence-corrected chi connectivity index (χ0v) is 36.7. The van der Waals surface area contributed by atoms with Gasteiger partial charge in [-0.1, -0.05) is 25.2 Å². The van der Waals surface area contributed by atoms with E-state index in [-0.39, 0.29) is 11.6 Å². The molecule has 1 rings (SSSR count). The van der Waals surface area contributed by atoms with Crippen molar-refractivity contribution in [1.82, 2.24) is 10.6 Å².